The minimum absolute atomic E-state index is 0.290. The van der Waals surface area contributed by atoms with Gasteiger partial charge in [-0.05, 0) is 29.5 Å². The average molecular weight is 415 g/mol. The maximum Gasteiger partial charge on any atom is 0.299 e. The van der Waals surface area contributed by atoms with E-state index < -0.39 is 0 Å². The van der Waals surface area contributed by atoms with Crippen LogP contribution in [0.5, 0.6) is 17.2 Å². The van der Waals surface area contributed by atoms with Crippen LogP contribution in [-0.2, 0) is 11.3 Å². The number of hydrogen-bond acceptors (Lipinski definition) is 7. The molecule has 1 aromatic heterocycles. The Labute approximate surface area is 173 Å². The Kier molecular flexibility index (Phi) is 5.64. The molecule has 0 saturated carbocycles. The summed E-state index contributed by atoms with van der Waals surface area (Å²) in [6.07, 6.45) is 0.290. The molecule has 1 fully saturated rings. The summed E-state index contributed by atoms with van der Waals surface area (Å²) in [5.41, 5.74) is 8.49. The van der Waals surface area contributed by atoms with Crippen molar-refractivity contribution in [3.8, 4) is 17.2 Å². The summed E-state index contributed by atoms with van der Waals surface area (Å²) in [6, 6.07) is 11.7. The highest BCUT2D eigenvalue weighted by Crippen LogP contribution is 2.34. The molecule has 0 bridgehead atoms. The minimum Gasteiger partial charge on any atom is -0.497 e. The van der Waals surface area contributed by atoms with Crippen LogP contribution in [0.2, 0.25) is 0 Å². The van der Waals surface area contributed by atoms with Gasteiger partial charge in [0.2, 0.25) is 5.82 Å². The second-order valence-corrected chi connectivity index (χ2v) is 7.69. The van der Waals surface area contributed by atoms with Crippen molar-refractivity contribution in [2.45, 2.75) is 17.8 Å². The van der Waals surface area contributed by atoms with Crippen LogP contribution in [0.4, 0.5) is 5.82 Å². The first-order chi connectivity index (χ1) is 14.1. The smallest absolute Gasteiger partial charge is 0.299 e. The van der Waals surface area contributed by atoms with Gasteiger partial charge in [-0.15, -0.1) is 0 Å². The number of nitrogens with two attached hydrogens (primary N) is 1. The zero-order valence-corrected chi connectivity index (χ0v) is 17.5. The molecule has 1 saturated heterocycles. The van der Waals surface area contributed by atoms with E-state index in [1.54, 1.807) is 33.1 Å². The summed E-state index contributed by atoms with van der Waals surface area (Å²) in [5.74, 6) is 3.54. The van der Waals surface area contributed by atoms with Crippen LogP contribution in [0.3, 0.4) is 0 Å². The quantitative estimate of drug-likeness (QED) is 0.263. The summed E-state index contributed by atoms with van der Waals surface area (Å²) in [6.45, 7) is 1.40. The summed E-state index contributed by atoms with van der Waals surface area (Å²) in [5, 5.41) is 1.66. The lowest BCUT2D eigenvalue weighted by molar-refractivity contribution is -0.713. The zero-order valence-electron chi connectivity index (χ0n) is 16.7. The molecule has 2 heterocycles. The van der Waals surface area contributed by atoms with Gasteiger partial charge in [-0.3, -0.25) is 0 Å². The van der Waals surface area contributed by atoms with E-state index in [9.17, 15) is 0 Å². The van der Waals surface area contributed by atoms with Crippen LogP contribution in [0.1, 0.15) is 5.56 Å². The van der Waals surface area contributed by atoms with Crippen LogP contribution < -0.4 is 24.5 Å². The number of nitrogens with zero attached hydrogens (tertiary/aromatic N) is 2. The SMILES string of the molecule is COc1ccc(C[n+]2c(SC[C@@H]3CO3)nc3cc(OC)c(OC)cc3c2N)cc1. The molecule has 2 N–H and O–H groups in total. The highest BCUT2D eigenvalue weighted by Gasteiger charge is 2.27. The number of epoxide rings is 1. The average Bonchev–Trinajstić information content (AvgIpc) is 3.58. The molecule has 29 heavy (non-hydrogen) atoms. The Morgan fingerprint density at radius 2 is 1.79 bits per heavy atom. The van der Waals surface area contributed by atoms with Crippen LogP contribution in [0, 0.1) is 0 Å². The minimum atomic E-state index is 0.290. The van der Waals surface area contributed by atoms with Crippen molar-refractivity contribution >= 4 is 28.5 Å². The van der Waals surface area contributed by atoms with Crippen molar-refractivity contribution in [3.63, 3.8) is 0 Å². The molecule has 0 aliphatic carbocycles. The third-order valence-corrected chi connectivity index (χ3v) is 5.92. The first kappa shape index (κ1) is 19.6. The van der Waals surface area contributed by atoms with Crippen molar-refractivity contribution in [1.29, 1.82) is 0 Å². The Hall–Kier alpha value is -2.71. The second-order valence-electron chi connectivity index (χ2n) is 6.70. The lowest BCUT2D eigenvalue weighted by Crippen LogP contribution is -2.41. The number of aromatic nitrogens is 2. The van der Waals surface area contributed by atoms with E-state index >= 15 is 0 Å². The number of anilines is 1. The van der Waals surface area contributed by atoms with E-state index in [2.05, 4.69) is 0 Å². The predicted octanol–water partition coefficient (Wildman–Crippen LogP) is 2.67. The van der Waals surface area contributed by atoms with Gasteiger partial charge in [-0.2, -0.15) is 0 Å². The molecule has 3 aromatic rings. The fourth-order valence-electron chi connectivity index (χ4n) is 3.09. The van der Waals surface area contributed by atoms with Gasteiger partial charge in [0.05, 0.1) is 46.0 Å². The molecule has 0 amide bonds. The largest absolute Gasteiger partial charge is 0.497 e. The van der Waals surface area contributed by atoms with Crippen LogP contribution in [0.25, 0.3) is 10.9 Å². The lowest BCUT2D eigenvalue weighted by atomic mass is 10.2. The second kappa shape index (κ2) is 8.34. The van der Waals surface area contributed by atoms with E-state index in [4.69, 9.17) is 29.7 Å². The zero-order chi connectivity index (χ0) is 20.4. The van der Waals surface area contributed by atoms with E-state index in [1.165, 1.54) is 0 Å². The number of nitrogen functional groups attached to an aromatic ring is 1. The third kappa shape index (κ3) is 4.18. The number of fused-ring (bicyclic) bond motifs is 1. The van der Waals surface area contributed by atoms with Crippen molar-refractivity contribution < 1.29 is 23.5 Å². The normalized spacial score (nSPS) is 15.3. The topological polar surface area (TPSA) is 83.0 Å². The molecule has 0 spiro atoms. The summed E-state index contributed by atoms with van der Waals surface area (Å²) >= 11 is 1.65. The number of thioether (sulfide) groups is 1. The number of rotatable bonds is 8. The molecule has 2 aromatic carbocycles. The van der Waals surface area contributed by atoms with Gasteiger partial charge in [-0.25, -0.2) is 4.57 Å². The van der Waals surface area contributed by atoms with Gasteiger partial charge in [0.15, 0.2) is 17.0 Å². The highest BCUT2D eigenvalue weighted by molar-refractivity contribution is 7.99. The Morgan fingerprint density at radius 1 is 1.10 bits per heavy atom. The monoisotopic (exact) mass is 414 g/mol. The van der Waals surface area contributed by atoms with Crippen LogP contribution in [-0.4, -0.2) is 44.8 Å². The van der Waals surface area contributed by atoms with E-state index in [1.807, 2.05) is 41.0 Å². The molecule has 8 heteroatoms. The molecular weight excluding hydrogens is 390 g/mol. The molecule has 1 atom stereocenters. The Morgan fingerprint density at radius 3 is 2.41 bits per heavy atom. The fraction of sp³-hybridized carbons (Fsp3) is 0.333. The van der Waals surface area contributed by atoms with Crippen molar-refractivity contribution in [2.24, 2.45) is 0 Å². The van der Waals surface area contributed by atoms with E-state index in [0.717, 1.165) is 39.7 Å². The number of methoxy groups -OCH3 is 3. The van der Waals surface area contributed by atoms with Crippen molar-refractivity contribution in [1.82, 2.24) is 4.98 Å². The van der Waals surface area contributed by atoms with E-state index in [0.29, 0.717) is 30.0 Å². The Balaban J connectivity index is 1.79. The molecule has 4 rings (SSSR count). The molecule has 7 nitrogen and oxygen atoms in total. The van der Waals surface area contributed by atoms with Crippen LogP contribution >= 0.6 is 11.8 Å². The molecule has 1 aliphatic rings. The maximum atomic E-state index is 6.62. The van der Waals surface area contributed by atoms with Gasteiger partial charge in [0.25, 0.3) is 5.16 Å². The van der Waals surface area contributed by atoms with E-state index in [-0.39, 0.29) is 0 Å². The van der Waals surface area contributed by atoms with Gasteiger partial charge in [0.1, 0.15) is 5.75 Å². The number of hydrogen-bond donors (Lipinski definition) is 1. The van der Waals surface area contributed by atoms with Gasteiger partial charge in [0, 0.05) is 17.9 Å². The van der Waals surface area contributed by atoms with Gasteiger partial charge >= 0.3 is 0 Å². The number of ether oxygens (including phenoxy) is 4. The molecule has 0 unspecified atom stereocenters. The predicted molar refractivity (Wildman–Crippen MR) is 112 cm³/mol. The summed E-state index contributed by atoms with van der Waals surface area (Å²) in [4.78, 5) is 4.88. The highest BCUT2D eigenvalue weighted by atomic mass is 32.2. The molecular formula is C21H24N3O4S+. The third-order valence-electron chi connectivity index (χ3n) is 4.82. The van der Waals surface area contributed by atoms with Gasteiger partial charge < -0.3 is 24.7 Å². The number of benzene rings is 2. The van der Waals surface area contributed by atoms with Gasteiger partial charge in [-0.1, -0.05) is 17.1 Å². The standard InChI is InChI=1S/C21H23N3O4S/c1-25-14-6-4-13(5-7-14)10-24-20(22)16-8-18(26-2)19(27-3)9-17(16)23-21(24)29-12-15-11-28-15/h4-9,15,22H,10-12H2,1-3H3/p+1/t15-/m0/s1. The molecule has 1 aliphatic heterocycles. The maximum absolute atomic E-state index is 6.62. The van der Waals surface area contributed by atoms with Crippen molar-refractivity contribution in [3.05, 3.63) is 42.0 Å². The van der Waals surface area contributed by atoms with Crippen molar-refractivity contribution in [2.75, 3.05) is 39.4 Å². The fourth-order valence-corrected chi connectivity index (χ4v) is 4.10. The lowest BCUT2D eigenvalue weighted by Gasteiger charge is -2.13. The summed E-state index contributed by atoms with van der Waals surface area (Å²) in [7, 11) is 4.88. The molecule has 152 valence electrons. The first-order valence-electron chi connectivity index (χ1n) is 9.25. The van der Waals surface area contributed by atoms with Crippen LogP contribution in [0.15, 0.2) is 41.6 Å². The Bertz CT molecular complexity index is 1020. The summed E-state index contributed by atoms with van der Waals surface area (Å²) < 4.78 is 23.5. The molecule has 0 radical (unpaired) electrons. The first-order valence-corrected chi connectivity index (χ1v) is 10.2.